The minimum absolute atomic E-state index is 0.0625. The Morgan fingerprint density at radius 1 is 1.46 bits per heavy atom. The SMILES string of the molecule is NCCC(O)c1cc(O)ccc1F. The maximum Gasteiger partial charge on any atom is 0.129 e. The topological polar surface area (TPSA) is 66.5 Å². The Kier molecular flexibility index (Phi) is 3.22. The highest BCUT2D eigenvalue weighted by Gasteiger charge is 2.12. The van der Waals surface area contributed by atoms with Gasteiger partial charge >= 0.3 is 0 Å². The Labute approximate surface area is 75.6 Å². The van der Waals surface area contributed by atoms with Crippen molar-refractivity contribution < 1.29 is 14.6 Å². The van der Waals surface area contributed by atoms with Gasteiger partial charge in [-0.2, -0.15) is 0 Å². The van der Waals surface area contributed by atoms with Gasteiger partial charge in [0, 0.05) is 5.56 Å². The Hall–Kier alpha value is -1.13. The summed E-state index contributed by atoms with van der Waals surface area (Å²) in [6.07, 6.45) is -0.669. The van der Waals surface area contributed by atoms with Crippen molar-refractivity contribution in [2.75, 3.05) is 6.54 Å². The highest BCUT2D eigenvalue weighted by Crippen LogP contribution is 2.23. The number of aromatic hydroxyl groups is 1. The van der Waals surface area contributed by atoms with Crippen molar-refractivity contribution in [1.82, 2.24) is 0 Å². The van der Waals surface area contributed by atoms with Crippen molar-refractivity contribution in [2.45, 2.75) is 12.5 Å². The average molecular weight is 185 g/mol. The van der Waals surface area contributed by atoms with Crippen LogP contribution in [0.2, 0.25) is 0 Å². The van der Waals surface area contributed by atoms with Crippen molar-refractivity contribution in [3.8, 4) is 5.75 Å². The van der Waals surface area contributed by atoms with Crippen molar-refractivity contribution in [1.29, 1.82) is 0 Å². The van der Waals surface area contributed by atoms with E-state index in [9.17, 15) is 9.50 Å². The summed E-state index contributed by atoms with van der Waals surface area (Å²) in [5, 5.41) is 18.4. The van der Waals surface area contributed by atoms with Gasteiger partial charge in [0.05, 0.1) is 6.10 Å². The highest BCUT2D eigenvalue weighted by atomic mass is 19.1. The normalized spacial score (nSPS) is 12.8. The average Bonchev–Trinajstić information content (AvgIpc) is 2.09. The molecule has 0 aliphatic rings. The van der Waals surface area contributed by atoms with E-state index in [0.717, 1.165) is 6.07 Å². The number of rotatable bonds is 3. The van der Waals surface area contributed by atoms with Gasteiger partial charge in [-0.3, -0.25) is 0 Å². The van der Waals surface area contributed by atoms with E-state index in [1.807, 2.05) is 0 Å². The third kappa shape index (κ3) is 2.40. The highest BCUT2D eigenvalue weighted by molar-refractivity contribution is 5.30. The molecule has 0 bridgehead atoms. The maximum atomic E-state index is 13.0. The number of phenolic OH excluding ortho intramolecular Hbond substituents is 1. The molecule has 72 valence electrons. The van der Waals surface area contributed by atoms with Gasteiger partial charge in [0.1, 0.15) is 11.6 Å². The molecule has 0 heterocycles. The van der Waals surface area contributed by atoms with Gasteiger partial charge in [-0.15, -0.1) is 0 Å². The van der Waals surface area contributed by atoms with Gasteiger partial charge < -0.3 is 15.9 Å². The van der Waals surface area contributed by atoms with E-state index in [2.05, 4.69) is 0 Å². The molecule has 3 nitrogen and oxygen atoms in total. The molecule has 0 saturated carbocycles. The van der Waals surface area contributed by atoms with Gasteiger partial charge in [0.25, 0.3) is 0 Å². The standard InChI is InChI=1S/C9H12FNO2/c10-8-2-1-6(12)5-7(8)9(13)3-4-11/h1-2,5,9,12-13H,3-4,11H2. The number of aliphatic hydroxyl groups excluding tert-OH is 1. The molecule has 0 fully saturated rings. The van der Waals surface area contributed by atoms with Gasteiger partial charge in [-0.05, 0) is 31.2 Å². The Bertz CT molecular complexity index is 291. The summed E-state index contributed by atoms with van der Waals surface area (Å²) in [5.74, 6) is -0.591. The molecule has 0 radical (unpaired) electrons. The number of benzene rings is 1. The first-order valence-electron chi connectivity index (χ1n) is 4.01. The fourth-order valence-corrected chi connectivity index (χ4v) is 1.10. The summed E-state index contributed by atoms with van der Waals surface area (Å²) in [4.78, 5) is 0. The van der Waals surface area contributed by atoms with E-state index in [1.165, 1.54) is 12.1 Å². The lowest BCUT2D eigenvalue weighted by atomic mass is 10.1. The summed E-state index contributed by atoms with van der Waals surface area (Å²) >= 11 is 0. The van der Waals surface area contributed by atoms with E-state index in [1.54, 1.807) is 0 Å². The van der Waals surface area contributed by atoms with Crippen LogP contribution >= 0.6 is 0 Å². The maximum absolute atomic E-state index is 13.0. The van der Waals surface area contributed by atoms with Crippen LogP contribution in [0.3, 0.4) is 0 Å². The molecule has 0 aliphatic heterocycles. The second-order valence-corrected chi connectivity index (χ2v) is 2.80. The molecule has 1 rings (SSSR count). The van der Waals surface area contributed by atoms with Crippen LogP contribution < -0.4 is 5.73 Å². The van der Waals surface area contributed by atoms with Crippen LogP contribution in [-0.2, 0) is 0 Å². The zero-order valence-electron chi connectivity index (χ0n) is 7.07. The molecule has 4 N–H and O–H groups in total. The number of halogens is 1. The minimum Gasteiger partial charge on any atom is -0.508 e. The van der Waals surface area contributed by atoms with Gasteiger partial charge in [-0.25, -0.2) is 4.39 Å². The van der Waals surface area contributed by atoms with Gasteiger partial charge in [-0.1, -0.05) is 0 Å². The predicted molar refractivity (Wildman–Crippen MR) is 46.7 cm³/mol. The molecule has 13 heavy (non-hydrogen) atoms. The van der Waals surface area contributed by atoms with Crippen LogP contribution in [0.25, 0.3) is 0 Å². The minimum atomic E-state index is -0.947. The van der Waals surface area contributed by atoms with Crippen molar-refractivity contribution in [3.63, 3.8) is 0 Å². The fourth-order valence-electron chi connectivity index (χ4n) is 1.10. The Morgan fingerprint density at radius 2 is 2.15 bits per heavy atom. The summed E-state index contributed by atoms with van der Waals surface area (Å²) < 4.78 is 13.0. The Balaban J connectivity index is 2.91. The van der Waals surface area contributed by atoms with Gasteiger partial charge in [0.2, 0.25) is 0 Å². The molecule has 1 unspecified atom stereocenters. The molecular formula is C9H12FNO2. The van der Waals surface area contributed by atoms with E-state index in [-0.39, 0.29) is 24.3 Å². The van der Waals surface area contributed by atoms with Crippen LogP contribution in [0.5, 0.6) is 5.75 Å². The van der Waals surface area contributed by atoms with Crippen LogP contribution in [0, 0.1) is 5.82 Å². The number of hydrogen-bond donors (Lipinski definition) is 3. The molecule has 0 spiro atoms. The Morgan fingerprint density at radius 3 is 2.77 bits per heavy atom. The number of aliphatic hydroxyl groups is 1. The van der Waals surface area contributed by atoms with Crippen LogP contribution in [0.4, 0.5) is 4.39 Å². The third-order valence-electron chi connectivity index (χ3n) is 1.78. The summed E-state index contributed by atoms with van der Waals surface area (Å²) in [7, 11) is 0. The van der Waals surface area contributed by atoms with E-state index in [0.29, 0.717) is 0 Å². The van der Waals surface area contributed by atoms with Crippen LogP contribution in [0.15, 0.2) is 18.2 Å². The lowest BCUT2D eigenvalue weighted by molar-refractivity contribution is 0.165. The zero-order chi connectivity index (χ0) is 9.84. The quantitative estimate of drug-likeness (QED) is 0.655. The van der Waals surface area contributed by atoms with Crippen LogP contribution in [-0.4, -0.2) is 16.8 Å². The largest absolute Gasteiger partial charge is 0.508 e. The molecule has 0 amide bonds. The summed E-state index contributed by atoms with van der Waals surface area (Å²) in [6, 6.07) is 3.55. The van der Waals surface area contributed by atoms with E-state index in [4.69, 9.17) is 10.8 Å². The molecule has 0 aromatic heterocycles. The molecular weight excluding hydrogens is 173 g/mol. The summed E-state index contributed by atoms with van der Waals surface area (Å²) in [5.41, 5.74) is 5.30. The third-order valence-corrected chi connectivity index (χ3v) is 1.78. The number of phenols is 1. The van der Waals surface area contributed by atoms with Crippen molar-refractivity contribution in [3.05, 3.63) is 29.6 Å². The van der Waals surface area contributed by atoms with Crippen molar-refractivity contribution in [2.24, 2.45) is 5.73 Å². The molecule has 4 heteroatoms. The molecule has 0 saturated heterocycles. The van der Waals surface area contributed by atoms with Crippen LogP contribution in [0.1, 0.15) is 18.1 Å². The van der Waals surface area contributed by atoms with E-state index < -0.39 is 11.9 Å². The second kappa shape index (κ2) is 4.20. The lowest BCUT2D eigenvalue weighted by Gasteiger charge is -2.10. The molecule has 1 aromatic rings. The number of hydrogen-bond acceptors (Lipinski definition) is 3. The smallest absolute Gasteiger partial charge is 0.129 e. The molecule has 1 atom stereocenters. The fraction of sp³-hybridized carbons (Fsp3) is 0.333. The lowest BCUT2D eigenvalue weighted by Crippen LogP contribution is -2.08. The first-order valence-corrected chi connectivity index (χ1v) is 4.01. The van der Waals surface area contributed by atoms with Crippen molar-refractivity contribution >= 4 is 0 Å². The second-order valence-electron chi connectivity index (χ2n) is 2.80. The zero-order valence-corrected chi connectivity index (χ0v) is 7.07. The summed E-state index contributed by atoms with van der Waals surface area (Å²) in [6.45, 7) is 0.274. The molecule has 1 aromatic carbocycles. The first kappa shape index (κ1) is 9.95. The number of nitrogens with two attached hydrogens (primary N) is 1. The molecule has 0 aliphatic carbocycles. The first-order chi connectivity index (χ1) is 6.15. The van der Waals surface area contributed by atoms with Gasteiger partial charge in [0.15, 0.2) is 0 Å². The predicted octanol–water partition coefficient (Wildman–Crippen LogP) is 0.914. The monoisotopic (exact) mass is 185 g/mol. The van der Waals surface area contributed by atoms with E-state index >= 15 is 0 Å².